The maximum Gasteiger partial charge on any atom is 0.271 e. The quantitative estimate of drug-likeness (QED) is 0.246. The lowest BCUT2D eigenvalue weighted by Gasteiger charge is -2.28. The molecule has 12 nitrogen and oxygen atoms in total. The lowest BCUT2D eigenvalue weighted by atomic mass is 9.85. The molecule has 190 valence electrons. The molecule has 2 fully saturated rings. The monoisotopic (exact) mass is 506 g/mol. The van der Waals surface area contributed by atoms with Gasteiger partial charge in [-0.1, -0.05) is 24.3 Å². The largest absolute Gasteiger partial charge is 0.495 e. The minimum atomic E-state index is -1.02. The molecule has 1 N–H and O–H groups in total. The molecule has 2 aromatic rings. The van der Waals surface area contributed by atoms with Crippen LogP contribution < -0.4 is 10.1 Å². The van der Waals surface area contributed by atoms with Gasteiger partial charge < -0.3 is 10.1 Å². The number of nitro benzene ring substituents is 2. The van der Waals surface area contributed by atoms with Crippen LogP contribution in [0.3, 0.4) is 0 Å². The van der Waals surface area contributed by atoms with Gasteiger partial charge in [0.05, 0.1) is 46.9 Å². The van der Waals surface area contributed by atoms with E-state index in [0.717, 1.165) is 17.4 Å². The number of anilines is 1. The molecule has 2 aromatic carbocycles. The number of hydrogen-bond donors (Lipinski definition) is 1. The molecule has 12 heteroatoms. The molecule has 0 radical (unpaired) electrons. The molecule has 3 amide bonds. The number of likely N-dealkylation sites (tertiary alicyclic amines) is 1. The van der Waals surface area contributed by atoms with Gasteiger partial charge in [0.15, 0.2) is 0 Å². The number of ether oxygens (including phenoxy) is 1. The lowest BCUT2D eigenvalue weighted by molar-refractivity contribution is -0.385. The number of methoxy groups -OCH3 is 1. The van der Waals surface area contributed by atoms with Crippen LogP contribution in [0.2, 0.25) is 0 Å². The first-order chi connectivity index (χ1) is 17.7. The topological polar surface area (TPSA) is 162 Å². The van der Waals surface area contributed by atoms with Crippen LogP contribution in [0, 0.1) is 43.9 Å². The Morgan fingerprint density at radius 3 is 2.11 bits per heavy atom. The van der Waals surface area contributed by atoms with E-state index in [1.807, 2.05) is 12.2 Å². The van der Waals surface area contributed by atoms with E-state index < -0.39 is 33.6 Å². The van der Waals surface area contributed by atoms with E-state index in [1.54, 1.807) is 0 Å². The summed E-state index contributed by atoms with van der Waals surface area (Å²) in [6.45, 7) is 0. The normalized spacial score (nSPS) is 24.2. The Bertz CT molecular complexity index is 1320. The summed E-state index contributed by atoms with van der Waals surface area (Å²) < 4.78 is 5.19. The zero-order valence-electron chi connectivity index (χ0n) is 19.6. The number of nitrogens with one attached hydrogen (secondary N) is 1. The van der Waals surface area contributed by atoms with Gasteiger partial charge >= 0.3 is 0 Å². The third kappa shape index (κ3) is 4.09. The maximum atomic E-state index is 13.5. The van der Waals surface area contributed by atoms with Gasteiger partial charge in [0, 0.05) is 24.3 Å². The number of amides is 3. The number of carbonyl (C=O) groups excluding carboxylic acids is 3. The van der Waals surface area contributed by atoms with Crippen LogP contribution in [0.15, 0.2) is 54.6 Å². The van der Waals surface area contributed by atoms with E-state index in [4.69, 9.17) is 4.74 Å². The van der Waals surface area contributed by atoms with Crippen molar-refractivity contribution in [3.05, 3.63) is 80.4 Å². The number of nitrogens with zero attached hydrogens (tertiary/aromatic N) is 3. The van der Waals surface area contributed by atoms with Crippen molar-refractivity contribution in [2.75, 3.05) is 12.4 Å². The number of rotatable bonds is 8. The van der Waals surface area contributed by atoms with E-state index in [1.165, 1.54) is 43.5 Å². The highest BCUT2D eigenvalue weighted by Gasteiger charge is 2.60. The molecule has 37 heavy (non-hydrogen) atoms. The van der Waals surface area contributed by atoms with Gasteiger partial charge in [0.25, 0.3) is 11.4 Å². The van der Waals surface area contributed by atoms with Gasteiger partial charge in [-0.25, -0.2) is 0 Å². The summed E-state index contributed by atoms with van der Waals surface area (Å²) in [7, 11) is 1.35. The van der Waals surface area contributed by atoms with Crippen LogP contribution in [-0.4, -0.2) is 39.6 Å². The number of nitro groups is 2. The maximum absolute atomic E-state index is 13.5. The van der Waals surface area contributed by atoms with E-state index in [2.05, 4.69) is 5.32 Å². The molecule has 2 bridgehead atoms. The van der Waals surface area contributed by atoms with Crippen molar-refractivity contribution in [2.24, 2.45) is 23.7 Å². The molecular formula is C25H22N4O8. The van der Waals surface area contributed by atoms with Gasteiger partial charge in [-0.15, -0.1) is 0 Å². The summed E-state index contributed by atoms with van der Waals surface area (Å²) in [4.78, 5) is 62.4. The Hall–Kier alpha value is -4.61. The molecule has 0 spiro atoms. The Morgan fingerprint density at radius 1 is 1.00 bits per heavy atom. The number of carbonyl (C=O) groups is 3. The first-order valence-corrected chi connectivity index (χ1v) is 11.6. The minimum Gasteiger partial charge on any atom is -0.495 e. The first-order valence-electron chi connectivity index (χ1n) is 11.6. The zero-order valence-corrected chi connectivity index (χ0v) is 19.6. The second kappa shape index (κ2) is 9.12. The van der Waals surface area contributed by atoms with Crippen LogP contribution in [0.1, 0.15) is 24.4 Å². The number of hydrogen-bond acceptors (Lipinski definition) is 8. The zero-order chi connectivity index (χ0) is 26.4. The predicted octanol–water partition coefficient (Wildman–Crippen LogP) is 3.39. The summed E-state index contributed by atoms with van der Waals surface area (Å²) in [5.74, 6) is -2.19. The van der Waals surface area contributed by atoms with E-state index in [-0.39, 0.29) is 52.9 Å². The van der Waals surface area contributed by atoms with Gasteiger partial charge in [-0.3, -0.25) is 39.5 Å². The van der Waals surface area contributed by atoms with Crippen molar-refractivity contribution in [1.82, 2.24) is 4.90 Å². The van der Waals surface area contributed by atoms with Gasteiger partial charge in [0.1, 0.15) is 5.75 Å². The smallest absolute Gasteiger partial charge is 0.271 e. The molecule has 3 aliphatic rings. The number of allylic oxidation sites excluding steroid dienone is 2. The van der Waals surface area contributed by atoms with Crippen molar-refractivity contribution >= 4 is 34.8 Å². The van der Waals surface area contributed by atoms with Crippen LogP contribution in [0.5, 0.6) is 5.75 Å². The summed E-state index contributed by atoms with van der Waals surface area (Å²) >= 11 is 0. The number of fused-ring (bicyclic) bond motifs is 5. The highest BCUT2D eigenvalue weighted by molar-refractivity contribution is 6.07. The summed E-state index contributed by atoms with van der Waals surface area (Å²) in [6, 6.07) is 8.06. The van der Waals surface area contributed by atoms with E-state index in [0.29, 0.717) is 5.56 Å². The van der Waals surface area contributed by atoms with Crippen LogP contribution in [0.25, 0.3) is 0 Å². The van der Waals surface area contributed by atoms with Crippen LogP contribution in [0.4, 0.5) is 17.1 Å². The number of imide groups is 1. The molecule has 2 aliphatic carbocycles. The minimum absolute atomic E-state index is 0.0306. The second-order valence-electron chi connectivity index (χ2n) is 9.30. The molecule has 1 heterocycles. The summed E-state index contributed by atoms with van der Waals surface area (Å²) in [5.41, 5.74) is 0.00580. The average Bonchev–Trinajstić information content (AvgIpc) is 3.56. The Labute approximate surface area is 210 Å². The second-order valence-corrected chi connectivity index (χ2v) is 9.30. The van der Waals surface area contributed by atoms with E-state index >= 15 is 0 Å². The first kappa shape index (κ1) is 24.1. The van der Waals surface area contributed by atoms with Crippen molar-refractivity contribution in [3.8, 4) is 5.75 Å². The van der Waals surface area contributed by atoms with Gasteiger partial charge in [-0.2, -0.15) is 0 Å². The molecule has 1 saturated heterocycles. The summed E-state index contributed by atoms with van der Waals surface area (Å²) in [6.07, 6.45) is 4.31. The number of benzene rings is 2. The lowest BCUT2D eigenvalue weighted by Crippen LogP contribution is -2.38. The number of non-ortho nitro benzene ring substituents is 2. The Balaban J connectivity index is 1.46. The van der Waals surface area contributed by atoms with Crippen LogP contribution >= 0.6 is 0 Å². The molecule has 1 saturated carbocycles. The van der Waals surface area contributed by atoms with Crippen molar-refractivity contribution < 1.29 is 29.0 Å². The molecular weight excluding hydrogens is 484 g/mol. The van der Waals surface area contributed by atoms with E-state index in [9.17, 15) is 34.6 Å². The molecule has 5 rings (SSSR count). The highest BCUT2D eigenvalue weighted by atomic mass is 16.6. The van der Waals surface area contributed by atoms with Crippen molar-refractivity contribution in [3.63, 3.8) is 0 Å². The molecule has 5 atom stereocenters. The standard InChI is InChI=1S/C25H22N4O8/c1-37-20-9-8-17(29(35)36)11-18(20)26-21(30)12-19(13-4-6-16(7-5-13)28(33)34)27-24(31)22-14-2-3-15(10-14)23(22)25(27)32/h2-9,11,14-15,19,22-23H,10,12H2,1H3,(H,26,30). The Morgan fingerprint density at radius 2 is 1.57 bits per heavy atom. The fourth-order valence-electron chi connectivity index (χ4n) is 5.69. The SMILES string of the molecule is COc1ccc([N+](=O)[O-])cc1NC(=O)CC(c1ccc([N+](=O)[O-])cc1)N1C(=O)C2C3C=CC(C3)C2C1=O. The van der Waals surface area contributed by atoms with Crippen LogP contribution in [-0.2, 0) is 14.4 Å². The average molecular weight is 506 g/mol. The molecule has 5 unspecified atom stereocenters. The Kier molecular flexibility index (Phi) is 5.94. The van der Waals surface area contributed by atoms with Crippen molar-refractivity contribution in [1.29, 1.82) is 0 Å². The fraction of sp³-hybridized carbons (Fsp3) is 0.320. The van der Waals surface area contributed by atoms with Gasteiger partial charge in [-0.05, 0) is 29.9 Å². The van der Waals surface area contributed by atoms with Crippen molar-refractivity contribution in [2.45, 2.75) is 18.9 Å². The fourth-order valence-corrected chi connectivity index (χ4v) is 5.69. The highest BCUT2D eigenvalue weighted by Crippen LogP contribution is 2.54. The molecule has 1 aliphatic heterocycles. The summed E-state index contributed by atoms with van der Waals surface area (Å²) in [5, 5.41) is 24.9. The molecule has 0 aromatic heterocycles. The predicted molar refractivity (Wildman–Crippen MR) is 128 cm³/mol. The third-order valence-corrected chi connectivity index (χ3v) is 7.35. The van der Waals surface area contributed by atoms with Gasteiger partial charge in [0.2, 0.25) is 17.7 Å². The third-order valence-electron chi connectivity index (χ3n) is 7.35.